The summed E-state index contributed by atoms with van der Waals surface area (Å²) in [6, 6.07) is 9.48. The second kappa shape index (κ2) is 7.51. The van der Waals surface area contributed by atoms with E-state index < -0.39 is 0 Å². The molecule has 2 aromatic rings. The maximum absolute atomic E-state index is 12.3. The van der Waals surface area contributed by atoms with Crippen molar-refractivity contribution in [2.45, 2.75) is 26.3 Å². The fourth-order valence-corrected chi connectivity index (χ4v) is 2.95. The summed E-state index contributed by atoms with van der Waals surface area (Å²) in [4.78, 5) is 25.7. The van der Waals surface area contributed by atoms with Crippen LogP contribution in [0.5, 0.6) is 0 Å². The summed E-state index contributed by atoms with van der Waals surface area (Å²) in [5.41, 5.74) is 3.48. The van der Waals surface area contributed by atoms with E-state index in [1.165, 1.54) is 12.8 Å². The summed E-state index contributed by atoms with van der Waals surface area (Å²) in [5.74, 6) is 0.682. The second-order valence-corrected chi connectivity index (χ2v) is 6.62. The lowest BCUT2D eigenvalue weighted by Gasteiger charge is -2.16. The van der Waals surface area contributed by atoms with E-state index in [4.69, 9.17) is 0 Å². The number of nitrogens with zero attached hydrogens (tertiary/aromatic N) is 4. The van der Waals surface area contributed by atoms with Crippen LogP contribution in [0.25, 0.3) is 0 Å². The van der Waals surface area contributed by atoms with Crippen molar-refractivity contribution in [3.8, 4) is 0 Å². The van der Waals surface area contributed by atoms with Crippen LogP contribution in [0.15, 0.2) is 30.3 Å². The van der Waals surface area contributed by atoms with E-state index in [9.17, 15) is 4.79 Å². The Morgan fingerprint density at radius 3 is 2.48 bits per heavy atom. The highest BCUT2D eigenvalue weighted by atomic mass is 16.1. The van der Waals surface area contributed by atoms with Crippen molar-refractivity contribution in [2.24, 2.45) is 0 Å². The third-order valence-corrected chi connectivity index (χ3v) is 4.36. The number of hydrogen-bond acceptors (Lipinski definition) is 5. The predicted molar refractivity (Wildman–Crippen MR) is 100 cm³/mol. The molecule has 1 amide bonds. The van der Waals surface area contributed by atoms with Gasteiger partial charge in [-0.25, -0.2) is 9.97 Å². The third-order valence-electron chi connectivity index (χ3n) is 4.36. The van der Waals surface area contributed by atoms with Gasteiger partial charge in [-0.1, -0.05) is 0 Å². The average molecular weight is 339 g/mol. The molecule has 0 spiro atoms. The molecule has 1 aliphatic heterocycles. The topological polar surface area (TPSA) is 61.4 Å². The zero-order valence-electron chi connectivity index (χ0n) is 15.1. The smallest absolute Gasteiger partial charge is 0.251 e. The van der Waals surface area contributed by atoms with Crippen LogP contribution >= 0.6 is 0 Å². The van der Waals surface area contributed by atoms with Gasteiger partial charge >= 0.3 is 0 Å². The van der Waals surface area contributed by atoms with E-state index >= 15 is 0 Å². The fraction of sp³-hybridized carbons (Fsp3) is 0.421. The van der Waals surface area contributed by atoms with E-state index in [-0.39, 0.29) is 5.91 Å². The molecule has 132 valence electrons. The van der Waals surface area contributed by atoms with Crippen molar-refractivity contribution in [1.29, 1.82) is 0 Å². The molecular formula is C19H25N5O. The number of rotatable bonds is 5. The first-order chi connectivity index (χ1) is 12.0. The number of benzene rings is 1. The van der Waals surface area contributed by atoms with Gasteiger partial charge in [0.05, 0.1) is 12.2 Å². The third kappa shape index (κ3) is 4.26. The van der Waals surface area contributed by atoms with Crippen LogP contribution in [-0.2, 0) is 6.54 Å². The molecule has 6 heteroatoms. The van der Waals surface area contributed by atoms with Crippen LogP contribution in [-0.4, -0.2) is 43.1 Å². The highest BCUT2D eigenvalue weighted by molar-refractivity contribution is 5.94. The van der Waals surface area contributed by atoms with Gasteiger partial charge in [0.2, 0.25) is 5.95 Å². The molecule has 1 fully saturated rings. The lowest BCUT2D eigenvalue weighted by molar-refractivity contribution is 0.0950. The molecule has 2 heterocycles. The van der Waals surface area contributed by atoms with E-state index in [0.717, 1.165) is 36.1 Å². The molecule has 1 aromatic carbocycles. The van der Waals surface area contributed by atoms with Crippen LogP contribution < -0.4 is 15.1 Å². The molecule has 3 rings (SSSR count). The molecule has 1 aromatic heterocycles. The molecule has 0 saturated carbocycles. The maximum atomic E-state index is 12.3. The van der Waals surface area contributed by atoms with Crippen molar-refractivity contribution < 1.29 is 4.79 Å². The molecule has 0 radical (unpaired) electrons. The SMILES string of the molecule is Cc1cc(CNC(=O)c2ccc(N(C)C)cc2)nc(N2CCCC2)n1. The summed E-state index contributed by atoms with van der Waals surface area (Å²) >= 11 is 0. The first-order valence-corrected chi connectivity index (χ1v) is 8.68. The average Bonchev–Trinajstić information content (AvgIpc) is 3.14. The standard InChI is InChI=1S/C19H25N5O/c1-14-12-16(22-19(21-14)24-10-4-5-11-24)13-20-18(25)15-6-8-17(9-7-15)23(2)3/h6-9,12H,4-5,10-11,13H2,1-3H3,(H,20,25). The number of carbonyl (C=O) groups is 1. The molecule has 6 nitrogen and oxygen atoms in total. The first-order valence-electron chi connectivity index (χ1n) is 8.68. The Bertz CT molecular complexity index is 736. The number of aryl methyl sites for hydroxylation is 1. The summed E-state index contributed by atoms with van der Waals surface area (Å²) in [6.45, 7) is 4.38. The summed E-state index contributed by atoms with van der Waals surface area (Å²) in [6.07, 6.45) is 2.37. The first kappa shape index (κ1) is 17.2. The Morgan fingerprint density at radius 1 is 1.16 bits per heavy atom. The van der Waals surface area contributed by atoms with Crippen molar-refractivity contribution in [1.82, 2.24) is 15.3 Å². The number of amides is 1. The van der Waals surface area contributed by atoms with E-state index in [2.05, 4.69) is 20.2 Å². The molecule has 1 saturated heterocycles. The number of anilines is 2. The molecule has 1 aliphatic rings. The van der Waals surface area contributed by atoms with Crippen molar-refractivity contribution >= 4 is 17.5 Å². The maximum Gasteiger partial charge on any atom is 0.251 e. The van der Waals surface area contributed by atoms with Crippen molar-refractivity contribution in [2.75, 3.05) is 37.0 Å². The lowest BCUT2D eigenvalue weighted by atomic mass is 10.2. The van der Waals surface area contributed by atoms with Crippen LogP contribution in [0.1, 0.15) is 34.6 Å². The van der Waals surface area contributed by atoms with Gasteiger partial charge < -0.3 is 15.1 Å². The van der Waals surface area contributed by atoms with Gasteiger partial charge in [-0.3, -0.25) is 4.79 Å². The quantitative estimate of drug-likeness (QED) is 0.906. The Morgan fingerprint density at radius 2 is 1.84 bits per heavy atom. The fourth-order valence-electron chi connectivity index (χ4n) is 2.95. The van der Waals surface area contributed by atoms with Gasteiger partial charge in [-0.15, -0.1) is 0 Å². The number of nitrogens with one attached hydrogen (secondary N) is 1. The predicted octanol–water partition coefficient (Wildman–Crippen LogP) is 2.38. The highest BCUT2D eigenvalue weighted by Gasteiger charge is 2.16. The molecule has 1 N–H and O–H groups in total. The van der Waals surface area contributed by atoms with Crippen LogP contribution in [0, 0.1) is 6.92 Å². The van der Waals surface area contributed by atoms with Gasteiger partial charge in [0.1, 0.15) is 0 Å². The minimum atomic E-state index is -0.0932. The molecule has 0 aliphatic carbocycles. The van der Waals surface area contributed by atoms with Crippen LogP contribution in [0.3, 0.4) is 0 Å². The lowest BCUT2D eigenvalue weighted by Crippen LogP contribution is -2.25. The Labute approximate surface area is 148 Å². The summed E-state index contributed by atoms with van der Waals surface area (Å²) < 4.78 is 0. The molecular weight excluding hydrogens is 314 g/mol. The Hall–Kier alpha value is -2.63. The van der Waals surface area contributed by atoms with E-state index in [0.29, 0.717) is 12.1 Å². The minimum Gasteiger partial charge on any atom is -0.378 e. The number of carbonyl (C=O) groups excluding carboxylic acids is 1. The molecule has 0 unspecified atom stereocenters. The molecule has 25 heavy (non-hydrogen) atoms. The van der Waals surface area contributed by atoms with Gasteiger partial charge in [0.15, 0.2) is 0 Å². The minimum absolute atomic E-state index is 0.0932. The number of hydrogen-bond donors (Lipinski definition) is 1. The second-order valence-electron chi connectivity index (χ2n) is 6.62. The monoisotopic (exact) mass is 339 g/mol. The van der Waals surface area contributed by atoms with Crippen LogP contribution in [0.4, 0.5) is 11.6 Å². The summed E-state index contributed by atoms with van der Waals surface area (Å²) in [7, 11) is 3.95. The zero-order valence-corrected chi connectivity index (χ0v) is 15.1. The van der Waals surface area contributed by atoms with E-state index in [1.807, 2.05) is 56.3 Å². The van der Waals surface area contributed by atoms with Crippen molar-refractivity contribution in [3.63, 3.8) is 0 Å². The van der Waals surface area contributed by atoms with Crippen LogP contribution in [0.2, 0.25) is 0 Å². The molecule has 0 bridgehead atoms. The normalized spacial score (nSPS) is 13.8. The van der Waals surface area contributed by atoms with E-state index in [1.54, 1.807) is 0 Å². The number of aromatic nitrogens is 2. The van der Waals surface area contributed by atoms with Gasteiger partial charge in [-0.2, -0.15) is 0 Å². The summed E-state index contributed by atoms with van der Waals surface area (Å²) in [5, 5.41) is 2.95. The van der Waals surface area contributed by atoms with Crippen molar-refractivity contribution in [3.05, 3.63) is 47.3 Å². The van der Waals surface area contributed by atoms with Gasteiger partial charge in [-0.05, 0) is 50.1 Å². The highest BCUT2D eigenvalue weighted by Crippen LogP contribution is 2.17. The Kier molecular flexibility index (Phi) is 5.16. The van der Waals surface area contributed by atoms with Gasteiger partial charge in [0, 0.05) is 44.1 Å². The molecule has 0 atom stereocenters. The van der Waals surface area contributed by atoms with Gasteiger partial charge in [0.25, 0.3) is 5.91 Å². The largest absolute Gasteiger partial charge is 0.378 e. The zero-order chi connectivity index (χ0) is 17.8. The Balaban J connectivity index is 1.65.